The summed E-state index contributed by atoms with van der Waals surface area (Å²) in [6, 6.07) is 7.65. The zero-order chi connectivity index (χ0) is 23.6. The molecule has 0 heterocycles. The fourth-order valence-electron chi connectivity index (χ4n) is 3.02. The lowest BCUT2D eigenvalue weighted by molar-refractivity contribution is -0.137. The number of amides is 2. The van der Waals surface area contributed by atoms with E-state index in [4.69, 9.17) is 4.74 Å². The SMILES string of the molecule is CCCCCCCCNC(=O)Nc1cc(C(F)(F)F)ccc1Oc1ccccc1C(=O)O. The summed E-state index contributed by atoms with van der Waals surface area (Å²) in [5.41, 5.74) is -1.35. The molecular formula is C23H27F3N2O4. The number of ether oxygens (including phenoxy) is 1. The van der Waals surface area contributed by atoms with E-state index in [0.717, 1.165) is 56.7 Å². The van der Waals surface area contributed by atoms with Crippen LogP contribution in [0.3, 0.4) is 0 Å². The number of benzene rings is 2. The number of anilines is 1. The molecule has 0 aliphatic rings. The number of halogens is 3. The predicted molar refractivity (Wildman–Crippen MR) is 115 cm³/mol. The van der Waals surface area contributed by atoms with Gasteiger partial charge in [-0.2, -0.15) is 13.2 Å². The summed E-state index contributed by atoms with van der Waals surface area (Å²) >= 11 is 0. The van der Waals surface area contributed by atoms with Crippen LogP contribution in [0.4, 0.5) is 23.7 Å². The van der Waals surface area contributed by atoms with Gasteiger partial charge < -0.3 is 20.5 Å². The van der Waals surface area contributed by atoms with Crippen LogP contribution >= 0.6 is 0 Å². The Morgan fingerprint density at radius 3 is 2.34 bits per heavy atom. The van der Waals surface area contributed by atoms with Crippen LogP contribution in [-0.4, -0.2) is 23.7 Å². The number of alkyl halides is 3. The molecule has 2 amide bonds. The molecule has 0 aliphatic carbocycles. The summed E-state index contributed by atoms with van der Waals surface area (Å²) in [6.07, 6.45) is 1.58. The Hall–Kier alpha value is -3.23. The minimum absolute atomic E-state index is 0.0599. The van der Waals surface area contributed by atoms with Crippen molar-refractivity contribution < 1.29 is 32.6 Å². The van der Waals surface area contributed by atoms with Crippen molar-refractivity contribution >= 4 is 17.7 Å². The lowest BCUT2D eigenvalue weighted by Gasteiger charge is -2.16. The summed E-state index contributed by atoms with van der Waals surface area (Å²) in [5, 5.41) is 14.3. The Morgan fingerprint density at radius 2 is 1.66 bits per heavy atom. The first-order chi connectivity index (χ1) is 15.2. The molecule has 3 N–H and O–H groups in total. The molecule has 0 saturated heterocycles. The van der Waals surface area contributed by atoms with Gasteiger partial charge in [-0.25, -0.2) is 9.59 Å². The fraction of sp³-hybridized carbons (Fsp3) is 0.391. The van der Waals surface area contributed by atoms with Crippen LogP contribution < -0.4 is 15.4 Å². The van der Waals surface area contributed by atoms with Crippen molar-refractivity contribution in [2.45, 2.75) is 51.6 Å². The van der Waals surface area contributed by atoms with Gasteiger partial charge >= 0.3 is 18.2 Å². The van der Waals surface area contributed by atoms with Gasteiger partial charge in [-0.3, -0.25) is 0 Å². The van der Waals surface area contributed by atoms with Gasteiger partial charge in [0.25, 0.3) is 0 Å². The third-order valence-electron chi connectivity index (χ3n) is 4.71. The molecule has 9 heteroatoms. The Morgan fingerprint density at radius 1 is 0.969 bits per heavy atom. The van der Waals surface area contributed by atoms with Crippen LogP contribution in [0.1, 0.15) is 61.4 Å². The summed E-state index contributed by atoms with van der Waals surface area (Å²) in [5.74, 6) is -1.42. The quantitative estimate of drug-likeness (QED) is 0.332. The molecule has 32 heavy (non-hydrogen) atoms. The van der Waals surface area contributed by atoms with Gasteiger partial charge in [-0.15, -0.1) is 0 Å². The predicted octanol–water partition coefficient (Wildman–Crippen LogP) is 6.68. The van der Waals surface area contributed by atoms with E-state index in [0.29, 0.717) is 6.54 Å². The maximum absolute atomic E-state index is 13.2. The number of urea groups is 1. The molecule has 0 unspecified atom stereocenters. The second-order valence-corrected chi connectivity index (χ2v) is 7.26. The Bertz CT molecular complexity index is 916. The van der Waals surface area contributed by atoms with Crippen molar-refractivity contribution in [1.29, 1.82) is 0 Å². The van der Waals surface area contributed by atoms with Crippen LogP contribution in [0.5, 0.6) is 11.5 Å². The number of carbonyl (C=O) groups excluding carboxylic acids is 1. The Labute approximate surface area is 184 Å². The summed E-state index contributed by atoms with van der Waals surface area (Å²) in [4.78, 5) is 23.6. The number of nitrogens with one attached hydrogen (secondary N) is 2. The maximum atomic E-state index is 13.2. The number of hydrogen-bond acceptors (Lipinski definition) is 3. The van der Waals surface area contributed by atoms with Crippen molar-refractivity contribution in [3.05, 3.63) is 53.6 Å². The van der Waals surface area contributed by atoms with Crippen LogP contribution in [0.15, 0.2) is 42.5 Å². The fourth-order valence-corrected chi connectivity index (χ4v) is 3.02. The third-order valence-corrected chi connectivity index (χ3v) is 4.71. The van der Waals surface area contributed by atoms with Crippen LogP contribution in [0.2, 0.25) is 0 Å². The Kier molecular flexibility index (Phi) is 9.37. The number of carbonyl (C=O) groups is 2. The standard InChI is InChI=1S/C23H27F3N2O4/c1-2-3-4-5-6-9-14-27-22(31)28-18-15-16(23(24,25)26)12-13-20(18)32-19-11-8-7-10-17(19)21(29)30/h7-8,10-13,15H,2-6,9,14H2,1H3,(H,29,30)(H2,27,28,31). The number of hydrogen-bond donors (Lipinski definition) is 3. The first-order valence-corrected chi connectivity index (χ1v) is 10.5. The number of rotatable bonds is 11. The van der Waals surface area contributed by atoms with Gasteiger partial charge in [0.2, 0.25) is 0 Å². The molecule has 0 saturated carbocycles. The first kappa shape index (κ1) is 25.0. The van der Waals surface area contributed by atoms with Gasteiger partial charge in [0.05, 0.1) is 11.3 Å². The molecule has 0 spiro atoms. The molecule has 0 aliphatic heterocycles. The molecule has 0 bridgehead atoms. The highest BCUT2D eigenvalue weighted by Crippen LogP contribution is 2.37. The molecule has 0 atom stereocenters. The second kappa shape index (κ2) is 12.0. The van der Waals surface area contributed by atoms with E-state index in [9.17, 15) is 27.9 Å². The second-order valence-electron chi connectivity index (χ2n) is 7.26. The lowest BCUT2D eigenvalue weighted by atomic mass is 10.1. The molecule has 6 nitrogen and oxygen atoms in total. The van der Waals surface area contributed by atoms with Crippen molar-refractivity contribution in [1.82, 2.24) is 5.32 Å². The number of unbranched alkanes of at least 4 members (excludes halogenated alkanes) is 5. The number of carboxylic acid groups (broad SMARTS) is 1. The topological polar surface area (TPSA) is 87.7 Å². The van der Waals surface area contributed by atoms with E-state index in [2.05, 4.69) is 17.6 Å². The molecule has 174 valence electrons. The van der Waals surface area contributed by atoms with Gasteiger partial charge in [0.15, 0.2) is 5.75 Å². The van der Waals surface area contributed by atoms with E-state index < -0.39 is 23.7 Å². The molecule has 0 radical (unpaired) electrons. The van der Waals surface area contributed by atoms with E-state index in [1.165, 1.54) is 24.3 Å². The van der Waals surface area contributed by atoms with E-state index in [1.807, 2.05) is 0 Å². The summed E-state index contributed by atoms with van der Waals surface area (Å²) in [7, 11) is 0. The third kappa shape index (κ3) is 7.79. The average Bonchev–Trinajstić information content (AvgIpc) is 2.73. The highest BCUT2D eigenvalue weighted by molar-refractivity contribution is 5.92. The minimum atomic E-state index is -4.62. The normalized spacial score (nSPS) is 11.1. The van der Waals surface area contributed by atoms with Crippen molar-refractivity contribution in [3.8, 4) is 11.5 Å². The number of para-hydroxylation sites is 1. The summed E-state index contributed by atoms with van der Waals surface area (Å²) in [6.45, 7) is 2.51. The van der Waals surface area contributed by atoms with Crippen molar-refractivity contribution in [2.24, 2.45) is 0 Å². The van der Waals surface area contributed by atoms with Crippen molar-refractivity contribution in [2.75, 3.05) is 11.9 Å². The largest absolute Gasteiger partial charge is 0.478 e. The zero-order valence-electron chi connectivity index (χ0n) is 17.8. The molecule has 0 aromatic heterocycles. The number of aromatic carboxylic acids is 1. The molecule has 2 aromatic carbocycles. The van der Waals surface area contributed by atoms with Crippen LogP contribution in [0.25, 0.3) is 0 Å². The van der Waals surface area contributed by atoms with Crippen LogP contribution in [-0.2, 0) is 6.18 Å². The monoisotopic (exact) mass is 452 g/mol. The highest BCUT2D eigenvalue weighted by Gasteiger charge is 2.31. The average molecular weight is 452 g/mol. The molecular weight excluding hydrogens is 425 g/mol. The first-order valence-electron chi connectivity index (χ1n) is 10.5. The smallest absolute Gasteiger partial charge is 0.416 e. The maximum Gasteiger partial charge on any atom is 0.416 e. The highest BCUT2D eigenvalue weighted by atomic mass is 19.4. The number of carboxylic acids is 1. The van der Waals surface area contributed by atoms with Crippen LogP contribution in [0, 0.1) is 0 Å². The Balaban J connectivity index is 2.12. The van der Waals surface area contributed by atoms with Gasteiger partial charge in [0.1, 0.15) is 11.3 Å². The molecule has 0 fully saturated rings. The molecule has 2 rings (SSSR count). The summed E-state index contributed by atoms with van der Waals surface area (Å²) < 4.78 is 45.0. The van der Waals surface area contributed by atoms with Gasteiger partial charge in [-0.1, -0.05) is 51.2 Å². The van der Waals surface area contributed by atoms with E-state index in [-0.39, 0.29) is 22.7 Å². The lowest BCUT2D eigenvalue weighted by Crippen LogP contribution is -2.29. The minimum Gasteiger partial charge on any atom is -0.478 e. The zero-order valence-corrected chi connectivity index (χ0v) is 17.8. The van der Waals surface area contributed by atoms with Gasteiger partial charge in [0, 0.05) is 6.54 Å². The van der Waals surface area contributed by atoms with E-state index in [1.54, 1.807) is 0 Å². The van der Waals surface area contributed by atoms with E-state index >= 15 is 0 Å². The van der Waals surface area contributed by atoms with Gasteiger partial charge in [-0.05, 0) is 36.8 Å². The van der Waals surface area contributed by atoms with Crippen molar-refractivity contribution in [3.63, 3.8) is 0 Å². The molecule has 2 aromatic rings.